The highest BCUT2D eigenvalue weighted by molar-refractivity contribution is 9.10. The smallest absolute Gasteiger partial charge is 0.219 e. The first kappa shape index (κ1) is 12.0. The van der Waals surface area contributed by atoms with Gasteiger partial charge in [-0.1, -0.05) is 15.9 Å². The molecule has 0 fully saturated rings. The Morgan fingerprint density at radius 1 is 1.60 bits per heavy atom. The number of amides is 1. The lowest BCUT2D eigenvalue weighted by Gasteiger charge is -2.14. The number of carbonyl (C=O) groups excluding carboxylic acids is 1. The summed E-state index contributed by atoms with van der Waals surface area (Å²) in [6, 6.07) is 5.03. The van der Waals surface area contributed by atoms with Gasteiger partial charge in [0, 0.05) is 22.5 Å². The van der Waals surface area contributed by atoms with Crippen LogP contribution in [0, 0.1) is 0 Å². The van der Waals surface area contributed by atoms with Crippen molar-refractivity contribution in [1.29, 1.82) is 0 Å². The third-order valence-electron chi connectivity index (χ3n) is 2.01. The highest BCUT2D eigenvalue weighted by Gasteiger charge is 2.14. The molecule has 0 aromatic heterocycles. The molecule has 4 N–H and O–H groups in total. The second-order valence-electron chi connectivity index (χ2n) is 3.16. The Balaban J connectivity index is 2.99. The van der Waals surface area contributed by atoms with Gasteiger partial charge in [-0.2, -0.15) is 0 Å². The predicted molar refractivity (Wildman–Crippen MR) is 61.4 cm³/mol. The van der Waals surface area contributed by atoms with Crippen molar-refractivity contribution in [2.75, 3.05) is 7.11 Å². The van der Waals surface area contributed by atoms with Gasteiger partial charge in [0.1, 0.15) is 5.75 Å². The minimum atomic E-state index is -0.435. The van der Waals surface area contributed by atoms with E-state index < -0.39 is 11.9 Å². The van der Waals surface area contributed by atoms with E-state index in [1.54, 1.807) is 13.2 Å². The van der Waals surface area contributed by atoms with E-state index in [4.69, 9.17) is 16.2 Å². The van der Waals surface area contributed by atoms with Crippen LogP contribution in [0.1, 0.15) is 18.0 Å². The lowest BCUT2D eigenvalue weighted by atomic mass is 10.0. The summed E-state index contributed by atoms with van der Waals surface area (Å²) in [5.41, 5.74) is 11.7. The summed E-state index contributed by atoms with van der Waals surface area (Å²) in [6.45, 7) is 0. The van der Waals surface area contributed by atoms with Gasteiger partial charge in [0.2, 0.25) is 5.91 Å². The van der Waals surface area contributed by atoms with Crippen LogP contribution in [-0.4, -0.2) is 13.0 Å². The molecular weight excluding hydrogens is 260 g/mol. The molecule has 1 aromatic carbocycles. The average Bonchev–Trinajstić information content (AvgIpc) is 2.16. The van der Waals surface area contributed by atoms with Gasteiger partial charge in [0.25, 0.3) is 0 Å². The third kappa shape index (κ3) is 3.21. The number of ether oxygens (including phenoxy) is 1. The van der Waals surface area contributed by atoms with Crippen molar-refractivity contribution in [2.24, 2.45) is 11.5 Å². The summed E-state index contributed by atoms with van der Waals surface area (Å²) < 4.78 is 6.04. The van der Waals surface area contributed by atoms with Crippen LogP contribution in [0.25, 0.3) is 0 Å². The van der Waals surface area contributed by atoms with Gasteiger partial charge >= 0.3 is 0 Å². The molecule has 0 aliphatic heterocycles. The molecule has 0 aliphatic rings. The van der Waals surface area contributed by atoms with Crippen LogP contribution < -0.4 is 16.2 Å². The predicted octanol–water partition coefficient (Wildman–Crippen LogP) is 1.33. The van der Waals surface area contributed by atoms with Crippen molar-refractivity contribution in [3.8, 4) is 5.75 Å². The zero-order valence-corrected chi connectivity index (χ0v) is 9.95. The molecule has 1 amide bonds. The van der Waals surface area contributed by atoms with Crippen LogP contribution in [0.3, 0.4) is 0 Å². The van der Waals surface area contributed by atoms with Crippen molar-refractivity contribution in [3.05, 3.63) is 28.2 Å². The highest BCUT2D eigenvalue weighted by atomic mass is 79.9. The first-order chi connectivity index (χ1) is 7.04. The second-order valence-corrected chi connectivity index (χ2v) is 4.08. The molecule has 5 heteroatoms. The van der Waals surface area contributed by atoms with Crippen molar-refractivity contribution in [3.63, 3.8) is 0 Å². The molecule has 0 radical (unpaired) electrons. The van der Waals surface area contributed by atoms with Gasteiger partial charge in [-0.15, -0.1) is 0 Å². The zero-order valence-electron chi connectivity index (χ0n) is 8.37. The normalized spacial score (nSPS) is 12.2. The lowest BCUT2D eigenvalue weighted by molar-refractivity contribution is -0.118. The summed E-state index contributed by atoms with van der Waals surface area (Å²) in [7, 11) is 1.56. The fourth-order valence-electron chi connectivity index (χ4n) is 1.32. The standard InChI is InChI=1S/C10H13BrN2O2/c1-15-9-3-2-6(11)4-7(9)8(12)5-10(13)14/h2-4,8H,5,12H2,1H3,(H2,13,14)/t8-/m1/s1. The number of nitrogens with two attached hydrogens (primary N) is 2. The molecule has 0 unspecified atom stereocenters. The SMILES string of the molecule is COc1ccc(Br)cc1[C@H](N)CC(N)=O. The van der Waals surface area contributed by atoms with Gasteiger partial charge in [-0.25, -0.2) is 0 Å². The van der Waals surface area contributed by atoms with Crippen molar-refractivity contribution >= 4 is 21.8 Å². The number of benzene rings is 1. The van der Waals surface area contributed by atoms with Gasteiger partial charge in [-0.3, -0.25) is 4.79 Å². The van der Waals surface area contributed by atoms with Crippen molar-refractivity contribution in [2.45, 2.75) is 12.5 Å². The van der Waals surface area contributed by atoms with Crippen molar-refractivity contribution in [1.82, 2.24) is 0 Å². The second kappa shape index (κ2) is 5.14. The Hall–Kier alpha value is -1.07. The van der Waals surface area contributed by atoms with Gasteiger partial charge in [-0.05, 0) is 18.2 Å². The number of halogens is 1. The first-order valence-electron chi connectivity index (χ1n) is 4.42. The maximum absolute atomic E-state index is 10.8. The Morgan fingerprint density at radius 3 is 2.80 bits per heavy atom. The quantitative estimate of drug-likeness (QED) is 0.868. The average molecular weight is 273 g/mol. The van der Waals surface area contributed by atoms with E-state index in [2.05, 4.69) is 15.9 Å². The van der Waals surface area contributed by atoms with E-state index in [1.165, 1.54) is 0 Å². The fourth-order valence-corrected chi connectivity index (χ4v) is 1.70. The molecule has 0 bridgehead atoms. The Labute approximate surface area is 96.7 Å². The highest BCUT2D eigenvalue weighted by Crippen LogP contribution is 2.28. The molecule has 0 spiro atoms. The zero-order chi connectivity index (χ0) is 11.4. The number of rotatable bonds is 4. The Morgan fingerprint density at radius 2 is 2.27 bits per heavy atom. The van der Waals surface area contributed by atoms with E-state index in [0.29, 0.717) is 5.75 Å². The third-order valence-corrected chi connectivity index (χ3v) is 2.51. The molecule has 15 heavy (non-hydrogen) atoms. The van der Waals surface area contributed by atoms with Gasteiger partial charge in [0.15, 0.2) is 0 Å². The summed E-state index contributed by atoms with van der Waals surface area (Å²) in [4.78, 5) is 10.8. The van der Waals surface area contributed by atoms with Crippen LogP contribution in [0.4, 0.5) is 0 Å². The first-order valence-corrected chi connectivity index (χ1v) is 5.21. The number of primary amides is 1. The topological polar surface area (TPSA) is 78.3 Å². The van der Waals surface area contributed by atoms with Gasteiger partial charge in [0.05, 0.1) is 7.11 Å². The minimum absolute atomic E-state index is 0.104. The maximum atomic E-state index is 10.8. The van der Waals surface area contributed by atoms with Crippen LogP contribution in [0.15, 0.2) is 22.7 Å². The number of methoxy groups -OCH3 is 1. The van der Waals surface area contributed by atoms with E-state index >= 15 is 0 Å². The lowest BCUT2D eigenvalue weighted by Crippen LogP contribution is -2.21. The summed E-state index contributed by atoms with van der Waals surface area (Å²) in [5, 5.41) is 0. The summed E-state index contributed by atoms with van der Waals surface area (Å²) in [5.74, 6) is 0.233. The summed E-state index contributed by atoms with van der Waals surface area (Å²) in [6.07, 6.45) is 0.104. The fraction of sp³-hybridized carbons (Fsp3) is 0.300. The molecule has 82 valence electrons. The Kier molecular flexibility index (Phi) is 4.11. The molecule has 1 atom stereocenters. The monoisotopic (exact) mass is 272 g/mol. The number of carbonyl (C=O) groups is 1. The van der Waals surface area contributed by atoms with Crippen LogP contribution >= 0.6 is 15.9 Å². The maximum Gasteiger partial charge on any atom is 0.219 e. The van der Waals surface area contributed by atoms with Crippen LogP contribution in [0.2, 0.25) is 0 Å². The van der Waals surface area contributed by atoms with Gasteiger partial charge < -0.3 is 16.2 Å². The molecule has 1 aromatic rings. The van der Waals surface area contributed by atoms with E-state index in [1.807, 2.05) is 12.1 Å². The number of hydrogen-bond acceptors (Lipinski definition) is 3. The molecule has 0 saturated carbocycles. The molecule has 0 heterocycles. The largest absolute Gasteiger partial charge is 0.496 e. The van der Waals surface area contributed by atoms with E-state index in [0.717, 1.165) is 10.0 Å². The summed E-state index contributed by atoms with van der Waals surface area (Å²) >= 11 is 3.33. The molecule has 4 nitrogen and oxygen atoms in total. The molecule has 0 aliphatic carbocycles. The van der Waals surface area contributed by atoms with Crippen LogP contribution in [-0.2, 0) is 4.79 Å². The number of hydrogen-bond donors (Lipinski definition) is 2. The molecular formula is C10H13BrN2O2. The van der Waals surface area contributed by atoms with E-state index in [9.17, 15) is 4.79 Å². The van der Waals surface area contributed by atoms with E-state index in [-0.39, 0.29) is 6.42 Å². The van der Waals surface area contributed by atoms with Crippen LogP contribution in [0.5, 0.6) is 5.75 Å². The Bertz CT molecular complexity index is 368. The molecule has 1 rings (SSSR count). The molecule has 0 saturated heterocycles. The van der Waals surface area contributed by atoms with Crippen molar-refractivity contribution < 1.29 is 9.53 Å². The minimum Gasteiger partial charge on any atom is -0.496 e.